The summed E-state index contributed by atoms with van der Waals surface area (Å²) in [5, 5.41) is 6.47. The fourth-order valence-corrected chi connectivity index (χ4v) is 2.69. The lowest BCUT2D eigenvalue weighted by Gasteiger charge is -2.31. The van der Waals surface area contributed by atoms with Gasteiger partial charge in [0, 0.05) is 11.6 Å². The minimum absolute atomic E-state index is 0. The van der Waals surface area contributed by atoms with Gasteiger partial charge < -0.3 is 16.4 Å². The highest BCUT2D eigenvalue weighted by Crippen LogP contribution is 2.24. The number of hydrogen-bond acceptors (Lipinski definition) is 3. The number of piperidine rings is 1. The second-order valence-corrected chi connectivity index (χ2v) is 5.97. The van der Waals surface area contributed by atoms with Crippen LogP contribution in [0.2, 0.25) is 5.02 Å². The standard InChI is InChI=1S/C15H20ClN3O2.ClH/c1-15(14(17)21,11-5-2-6-12(16)8-11)19-13(20)10-4-3-7-18-9-10;/h2,5-6,8,10,18H,3-4,7,9H2,1H3,(H2,17,21)(H,19,20);1H. The van der Waals surface area contributed by atoms with Gasteiger partial charge in [0.25, 0.3) is 0 Å². The van der Waals surface area contributed by atoms with Crippen LogP contribution in [0.4, 0.5) is 0 Å². The van der Waals surface area contributed by atoms with E-state index in [-0.39, 0.29) is 24.2 Å². The van der Waals surface area contributed by atoms with Crippen molar-refractivity contribution in [3.63, 3.8) is 0 Å². The first-order chi connectivity index (χ1) is 9.93. The van der Waals surface area contributed by atoms with Crippen molar-refractivity contribution < 1.29 is 9.59 Å². The predicted octanol–water partition coefficient (Wildman–Crippen LogP) is 1.58. The Morgan fingerprint density at radius 1 is 1.45 bits per heavy atom. The van der Waals surface area contributed by atoms with E-state index >= 15 is 0 Å². The highest BCUT2D eigenvalue weighted by Gasteiger charge is 2.37. The molecule has 0 aliphatic carbocycles. The van der Waals surface area contributed by atoms with E-state index in [0.717, 1.165) is 19.4 Å². The van der Waals surface area contributed by atoms with Crippen LogP contribution in [0.15, 0.2) is 24.3 Å². The average molecular weight is 346 g/mol. The molecule has 1 heterocycles. The molecule has 122 valence electrons. The van der Waals surface area contributed by atoms with Gasteiger partial charge in [-0.2, -0.15) is 0 Å². The fraction of sp³-hybridized carbons (Fsp3) is 0.467. The number of carbonyl (C=O) groups excluding carboxylic acids is 2. The van der Waals surface area contributed by atoms with Crippen molar-refractivity contribution in [2.75, 3.05) is 13.1 Å². The minimum atomic E-state index is -1.26. The Morgan fingerprint density at radius 3 is 2.73 bits per heavy atom. The van der Waals surface area contributed by atoms with Crippen LogP contribution in [0.5, 0.6) is 0 Å². The fourth-order valence-electron chi connectivity index (χ4n) is 2.50. The van der Waals surface area contributed by atoms with Crippen molar-refractivity contribution in [1.29, 1.82) is 0 Å². The summed E-state index contributed by atoms with van der Waals surface area (Å²) in [4.78, 5) is 24.3. The van der Waals surface area contributed by atoms with Crippen LogP contribution < -0.4 is 16.4 Å². The molecular weight excluding hydrogens is 325 g/mol. The number of amides is 2. The molecule has 1 saturated heterocycles. The Hall–Kier alpha value is -1.30. The van der Waals surface area contributed by atoms with Crippen molar-refractivity contribution in [3.05, 3.63) is 34.9 Å². The number of rotatable bonds is 4. The summed E-state index contributed by atoms with van der Waals surface area (Å²) >= 11 is 5.97. The molecule has 1 aliphatic heterocycles. The van der Waals surface area contributed by atoms with E-state index in [4.69, 9.17) is 17.3 Å². The third-order valence-corrected chi connectivity index (χ3v) is 4.17. The van der Waals surface area contributed by atoms with Crippen LogP contribution in [0.25, 0.3) is 0 Å². The quantitative estimate of drug-likeness (QED) is 0.774. The normalized spacial score (nSPS) is 20.4. The van der Waals surface area contributed by atoms with Gasteiger partial charge in [-0.05, 0) is 44.0 Å². The SMILES string of the molecule is CC(NC(=O)C1CCCNC1)(C(N)=O)c1cccc(Cl)c1.Cl. The number of hydrogen-bond donors (Lipinski definition) is 3. The third kappa shape index (κ3) is 4.12. The molecule has 0 aromatic heterocycles. The molecule has 2 rings (SSSR count). The smallest absolute Gasteiger partial charge is 0.247 e. The van der Waals surface area contributed by atoms with E-state index in [1.165, 1.54) is 0 Å². The number of halogens is 2. The first-order valence-corrected chi connectivity index (χ1v) is 7.40. The van der Waals surface area contributed by atoms with Crippen LogP contribution in [0.3, 0.4) is 0 Å². The second-order valence-electron chi connectivity index (χ2n) is 5.53. The molecule has 0 saturated carbocycles. The van der Waals surface area contributed by atoms with Gasteiger partial charge >= 0.3 is 0 Å². The Morgan fingerprint density at radius 2 is 2.18 bits per heavy atom. The molecule has 0 bridgehead atoms. The van der Waals surface area contributed by atoms with E-state index in [1.807, 2.05) is 0 Å². The van der Waals surface area contributed by atoms with E-state index in [9.17, 15) is 9.59 Å². The zero-order chi connectivity index (χ0) is 15.5. The lowest BCUT2D eigenvalue weighted by Crippen LogP contribution is -2.55. The molecule has 1 fully saturated rings. The van der Waals surface area contributed by atoms with E-state index < -0.39 is 11.4 Å². The van der Waals surface area contributed by atoms with Gasteiger partial charge in [-0.3, -0.25) is 9.59 Å². The van der Waals surface area contributed by atoms with Gasteiger partial charge in [-0.1, -0.05) is 23.7 Å². The summed E-state index contributed by atoms with van der Waals surface area (Å²) in [5.41, 5.74) is 4.84. The van der Waals surface area contributed by atoms with Gasteiger partial charge in [-0.25, -0.2) is 0 Å². The van der Waals surface area contributed by atoms with Crippen molar-refractivity contribution in [2.45, 2.75) is 25.3 Å². The Kier molecular flexibility index (Phi) is 6.66. The molecule has 4 N–H and O–H groups in total. The maximum Gasteiger partial charge on any atom is 0.247 e. The van der Waals surface area contributed by atoms with Crippen LogP contribution in [0.1, 0.15) is 25.3 Å². The largest absolute Gasteiger partial charge is 0.367 e. The summed E-state index contributed by atoms with van der Waals surface area (Å²) in [5.74, 6) is -0.915. The lowest BCUT2D eigenvalue weighted by atomic mass is 9.89. The molecule has 2 amide bonds. The zero-order valence-electron chi connectivity index (χ0n) is 12.4. The Labute approximate surface area is 141 Å². The van der Waals surface area contributed by atoms with E-state index in [2.05, 4.69) is 10.6 Å². The Bertz CT molecular complexity index is 547. The number of carbonyl (C=O) groups is 2. The van der Waals surface area contributed by atoms with Gasteiger partial charge in [0.05, 0.1) is 5.92 Å². The van der Waals surface area contributed by atoms with Gasteiger partial charge in [-0.15, -0.1) is 12.4 Å². The number of benzene rings is 1. The summed E-state index contributed by atoms with van der Waals surface area (Å²) in [6.07, 6.45) is 1.76. The summed E-state index contributed by atoms with van der Waals surface area (Å²) in [7, 11) is 0. The molecule has 0 radical (unpaired) electrons. The molecule has 1 aromatic carbocycles. The third-order valence-electron chi connectivity index (χ3n) is 3.94. The first kappa shape index (κ1) is 18.7. The monoisotopic (exact) mass is 345 g/mol. The minimum Gasteiger partial charge on any atom is -0.367 e. The van der Waals surface area contributed by atoms with Crippen molar-refractivity contribution in [1.82, 2.24) is 10.6 Å². The first-order valence-electron chi connectivity index (χ1n) is 7.02. The zero-order valence-corrected chi connectivity index (χ0v) is 14.0. The van der Waals surface area contributed by atoms with Crippen LogP contribution in [0, 0.1) is 5.92 Å². The molecule has 1 aromatic rings. The molecule has 1 aliphatic rings. The van der Waals surface area contributed by atoms with Crippen molar-refractivity contribution in [2.24, 2.45) is 11.7 Å². The van der Waals surface area contributed by atoms with Crippen LogP contribution in [-0.2, 0) is 15.1 Å². The van der Waals surface area contributed by atoms with Gasteiger partial charge in [0.2, 0.25) is 11.8 Å². The second kappa shape index (κ2) is 7.81. The molecular formula is C15H21Cl2N3O2. The maximum atomic E-state index is 12.4. The maximum absolute atomic E-state index is 12.4. The number of primary amides is 1. The van der Waals surface area contributed by atoms with E-state index in [1.54, 1.807) is 31.2 Å². The van der Waals surface area contributed by atoms with Gasteiger partial charge in [0.1, 0.15) is 5.54 Å². The molecule has 5 nitrogen and oxygen atoms in total. The molecule has 22 heavy (non-hydrogen) atoms. The highest BCUT2D eigenvalue weighted by molar-refractivity contribution is 6.30. The topological polar surface area (TPSA) is 84.2 Å². The van der Waals surface area contributed by atoms with Crippen LogP contribution >= 0.6 is 24.0 Å². The molecule has 0 spiro atoms. The summed E-state index contributed by atoms with van der Waals surface area (Å²) < 4.78 is 0. The average Bonchev–Trinajstić information content (AvgIpc) is 2.47. The molecule has 7 heteroatoms. The number of nitrogens with one attached hydrogen (secondary N) is 2. The van der Waals surface area contributed by atoms with Crippen LogP contribution in [-0.4, -0.2) is 24.9 Å². The van der Waals surface area contributed by atoms with Crippen molar-refractivity contribution in [3.8, 4) is 0 Å². The molecule has 2 unspecified atom stereocenters. The summed E-state index contributed by atoms with van der Waals surface area (Å²) in [6.45, 7) is 3.15. The van der Waals surface area contributed by atoms with E-state index in [0.29, 0.717) is 17.1 Å². The molecule has 2 atom stereocenters. The Balaban J connectivity index is 0.00000242. The summed E-state index contributed by atoms with van der Waals surface area (Å²) in [6, 6.07) is 6.81. The predicted molar refractivity (Wildman–Crippen MR) is 89.0 cm³/mol. The van der Waals surface area contributed by atoms with Gasteiger partial charge in [0.15, 0.2) is 0 Å². The highest BCUT2D eigenvalue weighted by atomic mass is 35.5. The number of nitrogens with two attached hydrogens (primary N) is 1. The lowest BCUT2D eigenvalue weighted by molar-refractivity contribution is -0.133. The van der Waals surface area contributed by atoms with Crippen molar-refractivity contribution >= 4 is 35.8 Å².